The van der Waals surface area contributed by atoms with Crippen molar-refractivity contribution in [1.29, 1.82) is 0 Å². The van der Waals surface area contributed by atoms with E-state index in [1.54, 1.807) is 0 Å². The van der Waals surface area contributed by atoms with Crippen LogP contribution in [0, 0.1) is 0 Å². The second kappa shape index (κ2) is 5.65. The Labute approximate surface area is 119 Å². The van der Waals surface area contributed by atoms with Crippen molar-refractivity contribution < 1.29 is 9.84 Å². The highest BCUT2D eigenvalue weighted by Crippen LogP contribution is 2.35. The fourth-order valence-corrected chi connectivity index (χ4v) is 2.73. The highest BCUT2D eigenvalue weighted by Gasteiger charge is 2.28. The van der Waals surface area contributed by atoms with Gasteiger partial charge in [0, 0.05) is 6.54 Å². The molecule has 0 bridgehead atoms. The number of benzene rings is 2. The van der Waals surface area contributed by atoms with E-state index in [2.05, 4.69) is 17.4 Å². The van der Waals surface area contributed by atoms with Crippen molar-refractivity contribution in [2.45, 2.75) is 25.6 Å². The molecular formula is C17H19NO2. The van der Waals surface area contributed by atoms with Gasteiger partial charge in [-0.25, -0.2) is 0 Å². The monoisotopic (exact) mass is 269 g/mol. The molecule has 0 radical (unpaired) electrons. The van der Waals surface area contributed by atoms with Gasteiger partial charge in [0.25, 0.3) is 0 Å². The quantitative estimate of drug-likeness (QED) is 0.896. The Hall–Kier alpha value is -1.84. The maximum atomic E-state index is 10.6. The summed E-state index contributed by atoms with van der Waals surface area (Å²) in [5.41, 5.74) is 3.36. The molecule has 0 aromatic heterocycles. The summed E-state index contributed by atoms with van der Waals surface area (Å²) < 4.78 is 5.43. The fraction of sp³-hybridized carbons (Fsp3) is 0.294. The van der Waals surface area contributed by atoms with Crippen LogP contribution >= 0.6 is 0 Å². The molecule has 3 heteroatoms. The smallest absolute Gasteiger partial charge is 0.119 e. The van der Waals surface area contributed by atoms with Gasteiger partial charge in [-0.05, 0) is 35.7 Å². The molecule has 3 rings (SSSR count). The van der Waals surface area contributed by atoms with E-state index < -0.39 is 6.10 Å². The minimum absolute atomic E-state index is 0.0378. The van der Waals surface area contributed by atoms with Crippen molar-refractivity contribution >= 4 is 0 Å². The van der Waals surface area contributed by atoms with Gasteiger partial charge >= 0.3 is 0 Å². The van der Waals surface area contributed by atoms with Crippen LogP contribution in [0.2, 0.25) is 0 Å². The third-order valence-electron chi connectivity index (χ3n) is 3.75. The van der Waals surface area contributed by atoms with Gasteiger partial charge in [0.05, 0.1) is 18.8 Å². The van der Waals surface area contributed by atoms with Crippen LogP contribution in [0.3, 0.4) is 0 Å². The van der Waals surface area contributed by atoms with Crippen LogP contribution in [-0.4, -0.2) is 11.7 Å². The Morgan fingerprint density at radius 2 is 1.95 bits per heavy atom. The Bertz CT molecular complexity index is 580. The molecule has 2 aromatic carbocycles. The third-order valence-corrected chi connectivity index (χ3v) is 3.75. The summed E-state index contributed by atoms with van der Waals surface area (Å²) in [5.74, 6) is 0.836. The molecule has 1 heterocycles. The topological polar surface area (TPSA) is 41.5 Å². The molecule has 2 atom stereocenters. The van der Waals surface area contributed by atoms with E-state index in [-0.39, 0.29) is 6.04 Å². The van der Waals surface area contributed by atoms with Gasteiger partial charge in [0.1, 0.15) is 5.75 Å². The van der Waals surface area contributed by atoms with Gasteiger partial charge in [0.15, 0.2) is 0 Å². The fourth-order valence-electron chi connectivity index (χ4n) is 2.73. The van der Waals surface area contributed by atoms with Crippen molar-refractivity contribution in [2.75, 3.05) is 6.61 Å². The van der Waals surface area contributed by atoms with Crippen molar-refractivity contribution in [3.8, 4) is 5.75 Å². The molecule has 20 heavy (non-hydrogen) atoms. The summed E-state index contributed by atoms with van der Waals surface area (Å²) in [4.78, 5) is 0. The Balaban J connectivity index is 1.81. The van der Waals surface area contributed by atoms with E-state index in [0.29, 0.717) is 6.61 Å². The van der Waals surface area contributed by atoms with Gasteiger partial charge in [0.2, 0.25) is 0 Å². The molecule has 2 aromatic rings. The first kappa shape index (κ1) is 13.2. The van der Waals surface area contributed by atoms with E-state index in [0.717, 1.165) is 17.9 Å². The second-order valence-electron chi connectivity index (χ2n) is 5.00. The molecule has 0 spiro atoms. The van der Waals surface area contributed by atoms with E-state index in [1.165, 1.54) is 11.1 Å². The number of aliphatic hydroxyl groups excluding tert-OH is 1. The minimum Gasteiger partial charge on any atom is -0.494 e. The summed E-state index contributed by atoms with van der Waals surface area (Å²) >= 11 is 0. The Kier molecular flexibility index (Phi) is 3.72. The number of rotatable bonds is 4. The van der Waals surface area contributed by atoms with E-state index >= 15 is 0 Å². The summed E-state index contributed by atoms with van der Waals surface area (Å²) in [7, 11) is 0. The van der Waals surface area contributed by atoms with Crippen LogP contribution < -0.4 is 10.1 Å². The number of nitrogens with one attached hydrogen (secondary N) is 1. The predicted octanol–water partition coefficient (Wildman–Crippen LogP) is 2.96. The summed E-state index contributed by atoms with van der Waals surface area (Å²) in [6, 6.07) is 15.9. The van der Waals surface area contributed by atoms with Gasteiger partial charge in [-0.1, -0.05) is 36.4 Å². The molecule has 0 fully saturated rings. The zero-order valence-corrected chi connectivity index (χ0v) is 11.5. The predicted molar refractivity (Wildman–Crippen MR) is 78.6 cm³/mol. The number of aliphatic hydroxyl groups is 1. The summed E-state index contributed by atoms with van der Waals surface area (Å²) in [5, 5.41) is 14.0. The van der Waals surface area contributed by atoms with Crippen LogP contribution in [-0.2, 0) is 6.54 Å². The van der Waals surface area contributed by atoms with Crippen LogP contribution in [0.1, 0.15) is 35.8 Å². The average Bonchev–Trinajstić information content (AvgIpc) is 2.92. The lowest BCUT2D eigenvalue weighted by Crippen LogP contribution is -2.20. The lowest BCUT2D eigenvalue weighted by Gasteiger charge is -2.20. The molecule has 2 N–H and O–H groups in total. The molecule has 0 aliphatic carbocycles. The van der Waals surface area contributed by atoms with Gasteiger partial charge in [-0.3, -0.25) is 0 Å². The largest absolute Gasteiger partial charge is 0.494 e. The molecule has 0 saturated heterocycles. The molecule has 0 amide bonds. The zero-order chi connectivity index (χ0) is 13.9. The second-order valence-corrected chi connectivity index (χ2v) is 5.00. The van der Waals surface area contributed by atoms with Crippen molar-refractivity contribution in [1.82, 2.24) is 5.32 Å². The van der Waals surface area contributed by atoms with E-state index in [9.17, 15) is 5.11 Å². The lowest BCUT2D eigenvalue weighted by molar-refractivity contribution is 0.133. The van der Waals surface area contributed by atoms with Crippen molar-refractivity contribution in [3.63, 3.8) is 0 Å². The van der Waals surface area contributed by atoms with Crippen molar-refractivity contribution in [3.05, 3.63) is 65.2 Å². The lowest BCUT2D eigenvalue weighted by atomic mass is 9.96. The van der Waals surface area contributed by atoms with Crippen LogP contribution in [0.25, 0.3) is 0 Å². The summed E-state index contributed by atoms with van der Waals surface area (Å²) in [6.45, 7) is 3.43. The van der Waals surface area contributed by atoms with Crippen LogP contribution in [0.5, 0.6) is 5.75 Å². The maximum absolute atomic E-state index is 10.6. The van der Waals surface area contributed by atoms with Gasteiger partial charge < -0.3 is 15.2 Å². The highest BCUT2D eigenvalue weighted by molar-refractivity contribution is 5.37. The maximum Gasteiger partial charge on any atom is 0.119 e. The number of fused-ring (bicyclic) bond motifs is 1. The molecule has 3 nitrogen and oxygen atoms in total. The Morgan fingerprint density at radius 1 is 1.20 bits per heavy atom. The first-order valence-corrected chi connectivity index (χ1v) is 7.01. The Morgan fingerprint density at radius 3 is 2.70 bits per heavy atom. The third kappa shape index (κ3) is 2.42. The van der Waals surface area contributed by atoms with Crippen molar-refractivity contribution in [2.24, 2.45) is 0 Å². The molecule has 1 aliphatic rings. The molecular weight excluding hydrogens is 250 g/mol. The standard InChI is InChI=1S/C17H19NO2/c1-2-20-14-9-7-12(8-10-14)17(19)16-15-6-4-3-5-13(15)11-18-16/h3-10,16-19H,2,11H2,1H3. The van der Waals surface area contributed by atoms with E-state index in [1.807, 2.05) is 43.3 Å². The van der Waals surface area contributed by atoms with E-state index in [4.69, 9.17) is 4.74 Å². The van der Waals surface area contributed by atoms with Gasteiger partial charge in [-0.2, -0.15) is 0 Å². The zero-order valence-electron chi connectivity index (χ0n) is 11.5. The molecule has 1 aliphatic heterocycles. The normalized spacial score (nSPS) is 18.6. The molecule has 104 valence electrons. The SMILES string of the molecule is CCOc1ccc(C(O)C2NCc3ccccc32)cc1. The number of hydrogen-bond donors (Lipinski definition) is 2. The first-order valence-electron chi connectivity index (χ1n) is 7.01. The number of hydrogen-bond acceptors (Lipinski definition) is 3. The molecule has 0 saturated carbocycles. The average molecular weight is 269 g/mol. The van der Waals surface area contributed by atoms with Gasteiger partial charge in [-0.15, -0.1) is 0 Å². The molecule has 2 unspecified atom stereocenters. The van der Waals surface area contributed by atoms with Crippen LogP contribution in [0.15, 0.2) is 48.5 Å². The summed E-state index contributed by atoms with van der Waals surface area (Å²) in [6.07, 6.45) is -0.547. The first-order chi connectivity index (χ1) is 9.79. The number of ether oxygens (including phenoxy) is 1. The van der Waals surface area contributed by atoms with Crippen LogP contribution in [0.4, 0.5) is 0 Å². The minimum atomic E-state index is -0.547. The highest BCUT2D eigenvalue weighted by atomic mass is 16.5.